The van der Waals surface area contributed by atoms with Crippen LogP contribution in [-0.2, 0) is 23.5 Å². The maximum atomic E-state index is 4.93. The average Bonchev–Trinajstić information content (AvgIpc) is 2.80. The van der Waals surface area contributed by atoms with Crippen LogP contribution < -0.4 is 0 Å². The molecular formula is C27H24Cl2N2Ti-2. The van der Waals surface area contributed by atoms with Gasteiger partial charge in [-0.05, 0) is 20.3 Å². The first kappa shape index (κ1) is 24.4. The normalized spacial score (nSPS) is 10.0. The molecule has 2 nitrogen and oxygen atoms in total. The molecule has 32 heavy (non-hydrogen) atoms. The molecule has 5 heteroatoms. The predicted octanol–water partition coefficient (Wildman–Crippen LogP) is 9.94. The number of hydrogen-bond acceptors (Lipinski definition) is 0. The van der Waals surface area contributed by atoms with E-state index in [0.717, 1.165) is 29.2 Å². The van der Waals surface area contributed by atoms with Crippen LogP contribution in [0.1, 0.15) is 22.3 Å². The number of para-hydroxylation sites is 4. The molecule has 0 radical (unpaired) electrons. The molecule has 4 aromatic rings. The summed E-state index contributed by atoms with van der Waals surface area (Å²) >= 11 is -0.556. The summed E-state index contributed by atoms with van der Waals surface area (Å²) in [5.74, 6) is 0. The van der Waals surface area contributed by atoms with E-state index in [0.29, 0.717) is 0 Å². The number of benzene rings is 4. The van der Waals surface area contributed by atoms with Gasteiger partial charge in [0.1, 0.15) is 0 Å². The molecule has 0 unspecified atom stereocenters. The zero-order valence-corrected chi connectivity index (χ0v) is 21.2. The Kier molecular flexibility index (Phi) is 9.71. The third-order valence-corrected chi connectivity index (χ3v) is 5.08. The van der Waals surface area contributed by atoms with Gasteiger partial charge in [-0.15, -0.1) is 22.7 Å². The fourth-order valence-electron chi connectivity index (χ4n) is 3.38. The van der Waals surface area contributed by atoms with Crippen molar-refractivity contribution in [3.63, 3.8) is 0 Å². The van der Waals surface area contributed by atoms with Crippen LogP contribution in [0.2, 0.25) is 0 Å². The Labute approximate surface area is 207 Å². The summed E-state index contributed by atoms with van der Waals surface area (Å²) in [7, 11) is 9.78. The Bertz CT molecular complexity index is 1060. The van der Waals surface area contributed by atoms with Crippen molar-refractivity contribution in [1.82, 2.24) is 0 Å². The van der Waals surface area contributed by atoms with Crippen molar-refractivity contribution in [1.29, 1.82) is 0 Å². The van der Waals surface area contributed by atoms with Gasteiger partial charge in [0, 0.05) is 0 Å². The molecule has 0 spiro atoms. The van der Waals surface area contributed by atoms with Gasteiger partial charge in [0.2, 0.25) is 0 Å². The van der Waals surface area contributed by atoms with Gasteiger partial charge in [-0.2, -0.15) is 0 Å². The summed E-state index contributed by atoms with van der Waals surface area (Å²) in [6.07, 6.45) is 0.789. The second-order valence-electron chi connectivity index (χ2n) is 7.30. The molecule has 0 aliphatic rings. The van der Waals surface area contributed by atoms with Crippen molar-refractivity contribution in [2.24, 2.45) is 0 Å². The van der Waals surface area contributed by atoms with E-state index in [9.17, 15) is 0 Å². The standard InChI is InChI=1S/C27H24N2.2ClH.Ti/c1-20-11-3-7-15-24(20)28-26-17-9-5-13-22(26)19-23-14-6-10-18-27(23)29-25-16-8-4-12-21(25)2;;;/h3-18H,19H2,1-2H3;2*1H;/q-2;;;+2/p-2. The third kappa shape index (κ3) is 6.89. The van der Waals surface area contributed by atoms with Gasteiger partial charge in [-0.25, -0.2) is 0 Å². The first-order valence-electron chi connectivity index (χ1n) is 10.3. The number of nitrogens with zero attached hydrogens (tertiary/aromatic N) is 2. The molecule has 162 valence electrons. The fraction of sp³-hybridized carbons (Fsp3) is 0.111. The number of aryl methyl sites for hydroxylation is 2. The molecule has 0 N–H and O–H groups in total. The van der Waals surface area contributed by atoms with Gasteiger partial charge >= 0.3 is 35.6 Å². The van der Waals surface area contributed by atoms with E-state index in [1.807, 2.05) is 36.4 Å². The monoisotopic (exact) mass is 494 g/mol. The van der Waals surface area contributed by atoms with Crippen molar-refractivity contribution in [2.45, 2.75) is 20.3 Å². The van der Waals surface area contributed by atoms with Crippen LogP contribution in [0.15, 0.2) is 97.1 Å². The molecule has 0 saturated heterocycles. The second-order valence-corrected chi connectivity index (χ2v) is 9.88. The van der Waals surface area contributed by atoms with E-state index in [4.69, 9.17) is 29.2 Å². The van der Waals surface area contributed by atoms with Crippen LogP contribution in [0, 0.1) is 13.8 Å². The fourth-order valence-corrected chi connectivity index (χ4v) is 3.38. The van der Waals surface area contributed by atoms with Gasteiger partial charge in [0.15, 0.2) is 0 Å². The Morgan fingerprint density at radius 2 is 0.844 bits per heavy atom. The molecule has 0 fully saturated rings. The van der Waals surface area contributed by atoms with Crippen molar-refractivity contribution >= 4 is 41.4 Å². The second kappa shape index (κ2) is 12.7. The van der Waals surface area contributed by atoms with Crippen molar-refractivity contribution < 1.29 is 17.0 Å². The molecule has 4 aromatic carbocycles. The topological polar surface area (TPSA) is 28.2 Å². The number of hydrogen-bond donors (Lipinski definition) is 0. The summed E-state index contributed by atoms with van der Waals surface area (Å²) in [6.45, 7) is 4.19. The molecular weight excluding hydrogens is 471 g/mol. The van der Waals surface area contributed by atoms with Gasteiger partial charge in [0.05, 0.1) is 0 Å². The van der Waals surface area contributed by atoms with Gasteiger partial charge in [-0.3, -0.25) is 0 Å². The summed E-state index contributed by atoms with van der Waals surface area (Å²) in [6, 6.07) is 33.2. The molecule has 0 atom stereocenters. The van der Waals surface area contributed by atoms with Crippen LogP contribution in [-0.4, -0.2) is 0 Å². The van der Waals surface area contributed by atoms with Crippen molar-refractivity contribution in [3.05, 3.63) is 130 Å². The van der Waals surface area contributed by atoms with Crippen molar-refractivity contribution in [2.75, 3.05) is 0 Å². The van der Waals surface area contributed by atoms with Gasteiger partial charge in [0.25, 0.3) is 0 Å². The molecule has 0 heterocycles. The molecule has 0 bridgehead atoms. The maximum absolute atomic E-state index is 4.93. The Morgan fingerprint density at radius 1 is 0.531 bits per heavy atom. The number of halogens is 2. The molecule has 0 aromatic heterocycles. The van der Waals surface area contributed by atoms with Gasteiger partial charge in [-0.1, -0.05) is 119 Å². The molecule has 0 aliphatic heterocycles. The molecule has 0 amide bonds. The summed E-state index contributed by atoms with van der Waals surface area (Å²) in [4.78, 5) is 0. The zero-order valence-electron chi connectivity index (χ0n) is 18.1. The minimum atomic E-state index is -0.556. The quantitative estimate of drug-likeness (QED) is 0.238. The minimum absolute atomic E-state index is 0.556. The molecule has 0 saturated carbocycles. The Balaban J connectivity index is 0.000000913. The average molecular weight is 495 g/mol. The first-order valence-corrected chi connectivity index (χ1v) is 14.6. The summed E-state index contributed by atoms with van der Waals surface area (Å²) < 4.78 is 0. The van der Waals surface area contributed by atoms with Crippen LogP contribution in [0.5, 0.6) is 0 Å². The first-order chi connectivity index (χ1) is 15.6. The van der Waals surface area contributed by atoms with Crippen molar-refractivity contribution in [3.8, 4) is 0 Å². The molecule has 4 rings (SSSR count). The molecule has 0 aliphatic carbocycles. The van der Waals surface area contributed by atoms with Gasteiger partial charge < -0.3 is 10.6 Å². The van der Waals surface area contributed by atoms with E-state index in [1.165, 1.54) is 22.3 Å². The number of rotatable bonds is 6. The van der Waals surface area contributed by atoms with Crippen LogP contribution in [0.3, 0.4) is 0 Å². The van der Waals surface area contributed by atoms with Crippen LogP contribution >= 0.6 is 18.6 Å². The van der Waals surface area contributed by atoms with E-state index in [1.54, 1.807) is 0 Å². The van der Waals surface area contributed by atoms with E-state index >= 15 is 0 Å². The van der Waals surface area contributed by atoms with E-state index in [2.05, 4.69) is 74.5 Å². The van der Waals surface area contributed by atoms with E-state index in [-0.39, 0.29) is 0 Å². The van der Waals surface area contributed by atoms with Crippen LogP contribution in [0.25, 0.3) is 10.6 Å². The Hall–Kier alpha value is -2.23. The summed E-state index contributed by atoms with van der Waals surface area (Å²) in [5.41, 5.74) is 8.79. The van der Waals surface area contributed by atoms with Crippen LogP contribution in [0.4, 0.5) is 22.7 Å². The SMILES string of the molecule is Cc1ccccc1[N-]c1ccccc1Cc1ccccc1[N-]c1ccccc1C.[Cl][Ti][Cl]. The zero-order chi connectivity index (χ0) is 22.8. The Morgan fingerprint density at radius 3 is 1.22 bits per heavy atom. The predicted molar refractivity (Wildman–Crippen MR) is 135 cm³/mol. The van der Waals surface area contributed by atoms with E-state index < -0.39 is 17.0 Å². The summed E-state index contributed by atoms with van der Waals surface area (Å²) in [5, 5.41) is 9.87. The third-order valence-electron chi connectivity index (χ3n) is 5.08.